The molecular formula is C8H5Br2N3. The summed E-state index contributed by atoms with van der Waals surface area (Å²) in [4.78, 5) is 3.92. The number of hydrogen-bond acceptors (Lipinski definition) is 2. The van der Waals surface area contributed by atoms with Gasteiger partial charge in [-0.15, -0.1) is 0 Å². The first-order valence-electron chi connectivity index (χ1n) is 5.70. The van der Waals surface area contributed by atoms with Crippen molar-refractivity contribution in [2.45, 2.75) is 0 Å². The lowest BCUT2D eigenvalue weighted by atomic mass is 10.5. The summed E-state index contributed by atoms with van der Waals surface area (Å²) in [5, 5.41) is 3.86. The molecule has 0 spiro atoms. The van der Waals surface area contributed by atoms with E-state index in [1.807, 2.05) is 0 Å². The molecule has 0 radical (unpaired) electrons. The zero-order chi connectivity index (χ0) is 13.6. The fraction of sp³-hybridized carbons (Fsp3) is 0. The minimum atomic E-state index is -0.315. The predicted octanol–water partition coefficient (Wildman–Crippen LogP) is 2.79. The van der Waals surface area contributed by atoms with E-state index in [-0.39, 0.29) is 45.4 Å². The Balaban J connectivity index is 2.76. The van der Waals surface area contributed by atoms with Gasteiger partial charge in [0.25, 0.3) is 0 Å². The Morgan fingerprint density at radius 2 is 2.08 bits per heavy atom. The van der Waals surface area contributed by atoms with E-state index in [0.29, 0.717) is 0 Å². The number of hydrogen-bond donors (Lipinski definition) is 0. The molecule has 0 N–H and O–H groups in total. The van der Waals surface area contributed by atoms with Crippen molar-refractivity contribution in [1.82, 2.24) is 14.8 Å². The van der Waals surface area contributed by atoms with Crippen molar-refractivity contribution in [2.24, 2.45) is 0 Å². The molecule has 0 fully saturated rings. The standard InChI is InChI=1S/C8H5Br2N3/c9-6-2-1-3-8(11-6)13-5-4-7(10)12-13/h1-5H/i1D,2D,3D,4D,5D. The van der Waals surface area contributed by atoms with Crippen LogP contribution in [0.25, 0.3) is 5.82 Å². The number of aromatic nitrogens is 3. The van der Waals surface area contributed by atoms with Crippen LogP contribution in [0.15, 0.2) is 39.5 Å². The van der Waals surface area contributed by atoms with E-state index in [1.54, 1.807) is 0 Å². The summed E-state index contributed by atoms with van der Waals surface area (Å²) >= 11 is 6.03. The van der Waals surface area contributed by atoms with Gasteiger partial charge >= 0.3 is 0 Å². The van der Waals surface area contributed by atoms with E-state index in [0.717, 1.165) is 4.68 Å². The molecule has 0 aliphatic carbocycles. The molecule has 13 heavy (non-hydrogen) atoms. The minimum absolute atomic E-state index is 0.0629. The highest BCUT2D eigenvalue weighted by Gasteiger charge is 1.99. The number of pyridine rings is 1. The fourth-order valence-corrected chi connectivity index (χ4v) is 1.24. The van der Waals surface area contributed by atoms with Gasteiger partial charge in [0.05, 0.1) is 6.85 Å². The average Bonchev–Trinajstić information content (AvgIpc) is 2.59. The summed E-state index contributed by atoms with van der Waals surface area (Å²) in [6, 6.07) is -0.961. The van der Waals surface area contributed by atoms with Crippen LogP contribution in [0.4, 0.5) is 0 Å². The highest BCUT2D eigenvalue weighted by Crippen LogP contribution is 2.11. The van der Waals surface area contributed by atoms with Crippen LogP contribution in [0.1, 0.15) is 6.85 Å². The van der Waals surface area contributed by atoms with E-state index in [2.05, 4.69) is 41.9 Å². The molecule has 0 atom stereocenters. The van der Waals surface area contributed by atoms with Gasteiger partial charge in [0.15, 0.2) is 5.82 Å². The van der Waals surface area contributed by atoms with Crippen LogP contribution in [0.2, 0.25) is 0 Å². The van der Waals surface area contributed by atoms with Gasteiger partial charge < -0.3 is 0 Å². The molecule has 0 saturated carbocycles. The summed E-state index contributed by atoms with van der Waals surface area (Å²) in [5.41, 5.74) is 0. The Labute approximate surface area is 99.1 Å². The second-order valence-electron chi connectivity index (χ2n) is 2.04. The lowest BCUT2D eigenvalue weighted by Crippen LogP contribution is -1.97. The summed E-state index contributed by atoms with van der Waals surface area (Å²) < 4.78 is 39.3. The van der Waals surface area contributed by atoms with Crippen LogP contribution in [0, 0.1) is 0 Å². The van der Waals surface area contributed by atoms with E-state index < -0.39 is 0 Å². The third kappa shape index (κ3) is 1.97. The predicted molar refractivity (Wildman–Crippen MR) is 56.8 cm³/mol. The second kappa shape index (κ2) is 3.59. The SMILES string of the molecule is [2H]c1c(Br)nc(-n2nc(Br)c([2H])c2[2H])c([2H])c1[2H]. The summed E-state index contributed by atoms with van der Waals surface area (Å²) in [7, 11) is 0. The van der Waals surface area contributed by atoms with E-state index >= 15 is 0 Å². The summed E-state index contributed by atoms with van der Waals surface area (Å²) in [5.74, 6) is -0.0629. The Morgan fingerprint density at radius 1 is 1.23 bits per heavy atom. The minimum Gasteiger partial charge on any atom is -0.222 e. The molecule has 3 nitrogen and oxygen atoms in total. The second-order valence-corrected chi connectivity index (χ2v) is 3.54. The fourth-order valence-electron chi connectivity index (χ4n) is 0.725. The van der Waals surface area contributed by atoms with Crippen molar-refractivity contribution >= 4 is 31.9 Å². The van der Waals surface area contributed by atoms with Crippen molar-refractivity contribution in [3.8, 4) is 5.82 Å². The molecule has 0 bridgehead atoms. The molecule has 0 saturated heterocycles. The van der Waals surface area contributed by atoms with Crippen LogP contribution >= 0.6 is 31.9 Å². The van der Waals surface area contributed by atoms with E-state index in [1.165, 1.54) is 0 Å². The summed E-state index contributed by atoms with van der Waals surface area (Å²) in [6.45, 7) is 0. The van der Waals surface area contributed by atoms with Crippen molar-refractivity contribution in [3.05, 3.63) is 39.5 Å². The normalized spacial score (nSPS) is 15.7. The first-order chi connectivity index (χ1) is 8.34. The van der Waals surface area contributed by atoms with Crippen molar-refractivity contribution < 1.29 is 6.85 Å². The maximum Gasteiger partial charge on any atom is 0.154 e. The van der Waals surface area contributed by atoms with Crippen molar-refractivity contribution in [1.29, 1.82) is 0 Å². The van der Waals surface area contributed by atoms with Crippen LogP contribution in [0.5, 0.6) is 0 Å². The van der Waals surface area contributed by atoms with Crippen LogP contribution in [-0.2, 0) is 0 Å². The highest BCUT2D eigenvalue weighted by molar-refractivity contribution is 9.10. The van der Waals surface area contributed by atoms with Gasteiger partial charge in [-0.1, -0.05) is 6.04 Å². The molecule has 2 aromatic rings. The van der Waals surface area contributed by atoms with Gasteiger partial charge in [-0.2, -0.15) is 5.10 Å². The third-order valence-corrected chi connectivity index (χ3v) is 1.93. The van der Waals surface area contributed by atoms with Gasteiger partial charge in [-0.25, -0.2) is 9.67 Å². The molecule has 2 rings (SSSR count). The van der Waals surface area contributed by atoms with E-state index in [9.17, 15) is 0 Å². The molecule has 2 aromatic heterocycles. The topological polar surface area (TPSA) is 30.7 Å². The van der Waals surface area contributed by atoms with Crippen molar-refractivity contribution in [2.75, 3.05) is 0 Å². The maximum absolute atomic E-state index is 7.74. The quantitative estimate of drug-likeness (QED) is 0.759. The van der Waals surface area contributed by atoms with E-state index in [4.69, 9.17) is 6.85 Å². The molecular weight excluding hydrogens is 298 g/mol. The van der Waals surface area contributed by atoms with Gasteiger partial charge in [-0.3, -0.25) is 0 Å². The lowest BCUT2D eigenvalue weighted by Gasteiger charge is -1.99. The largest absolute Gasteiger partial charge is 0.222 e. The number of halogens is 2. The molecule has 0 aliphatic rings. The Kier molecular flexibility index (Phi) is 1.30. The number of nitrogens with zero attached hydrogens (tertiary/aromatic N) is 3. The molecule has 0 amide bonds. The molecule has 0 aliphatic heterocycles. The van der Waals surface area contributed by atoms with Gasteiger partial charge in [-0.05, 0) is 50.0 Å². The Hall–Kier alpha value is -0.680. The monoisotopic (exact) mass is 306 g/mol. The van der Waals surface area contributed by atoms with Gasteiger partial charge in [0, 0.05) is 6.17 Å². The number of rotatable bonds is 1. The van der Waals surface area contributed by atoms with Crippen LogP contribution in [-0.4, -0.2) is 14.8 Å². The Bertz CT molecular complexity index is 642. The van der Waals surface area contributed by atoms with Crippen LogP contribution in [0.3, 0.4) is 0 Å². The van der Waals surface area contributed by atoms with Gasteiger partial charge in [0.2, 0.25) is 0 Å². The highest BCUT2D eigenvalue weighted by atomic mass is 79.9. The summed E-state index contributed by atoms with van der Waals surface area (Å²) in [6.07, 6.45) is -0.244. The Morgan fingerprint density at radius 3 is 2.77 bits per heavy atom. The lowest BCUT2D eigenvalue weighted by molar-refractivity contribution is 0.835. The zero-order valence-electron chi connectivity index (χ0n) is 11.1. The molecule has 5 heteroatoms. The average molecular weight is 308 g/mol. The molecule has 2 heterocycles. The molecule has 0 aromatic carbocycles. The third-order valence-electron chi connectivity index (χ3n) is 1.20. The first-order valence-corrected chi connectivity index (χ1v) is 4.78. The maximum atomic E-state index is 7.74. The molecule has 66 valence electrons. The zero-order valence-corrected chi connectivity index (χ0v) is 9.27. The van der Waals surface area contributed by atoms with Crippen molar-refractivity contribution in [3.63, 3.8) is 0 Å². The molecule has 0 unspecified atom stereocenters. The van der Waals surface area contributed by atoms with Crippen LogP contribution < -0.4 is 0 Å². The first kappa shape index (κ1) is 4.70. The van der Waals surface area contributed by atoms with Gasteiger partial charge in [0.1, 0.15) is 9.21 Å². The smallest absolute Gasteiger partial charge is 0.154 e.